The van der Waals surface area contributed by atoms with E-state index in [1.54, 1.807) is 16.2 Å². The lowest BCUT2D eigenvalue weighted by atomic mass is 10.0. The van der Waals surface area contributed by atoms with Crippen LogP contribution in [0.4, 0.5) is 0 Å². The van der Waals surface area contributed by atoms with E-state index in [0.717, 1.165) is 13.1 Å². The van der Waals surface area contributed by atoms with Gasteiger partial charge >= 0.3 is 0 Å². The topological polar surface area (TPSA) is 72.9 Å². The molecule has 6 nitrogen and oxygen atoms in total. The first-order valence-corrected chi connectivity index (χ1v) is 8.34. The molecule has 0 aromatic carbocycles. The van der Waals surface area contributed by atoms with Gasteiger partial charge in [0.25, 0.3) is 0 Å². The van der Waals surface area contributed by atoms with Gasteiger partial charge in [-0.1, -0.05) is 0 Å². The fourth-order valence-corrected chi connectivity index (χ4v) is 4.01. The molecule has 1 aromatic heterocycles. The van der Waals surface area contributed by atoms with Crippen molar-refractivity contribution in [1.29, 1.82) is 0 Å². The predicted octanol–water partition coefficient (Wildman–Crippen LogP) is -0.0515. The van der Waals surface area contributed by atoms with Crippen LogP contribution in [0.3, 0.4) is 0 Å². The van der Waals surface area contributed by atoms with Crippen LogP contribution in [-0.2, 0) is 16.1 Å². The standard InChI is InChI=1S/C15H21N3O3S/c1-9-3-4-11(22-9)7-17-5-6-18-12(8-17)14(20)16-13(10(2)19)15(18)21/h3-4,10,12-13,19H,5-8H2,1-2H3,(H,16,20)/t10-,12-,13+/m1/s1. The van der Waals surface area contributed by atoms with Crippen molar-refractivity contribution in [2.45, 2.75) is 38.6 Å². The smallest absolute Gasteiger partial charge is 0.248 e. The summed E-state index contributed by atoms with van der Waals surface area (Å²) in [5.41, 5.74) is 0. The van der Waals surface area contributed by atoms with Crippen molar-refractivity contribution >= 4 is 23.2 Å². The second-order valence-electron chi connectivity index (χ2n) is 6.02. The molecule has 2 amide bonds. The number of carbonyl (C=O) groups is 2. The summed E-state index contributed by atoms with van der Waals surface area (Å²) in [7, 11) is 0. The Balaban J connectivity index is 1.68. The maximum absolute atomic E-state index is 12.3. The van der Waals surface area contributed by atoms with Crippen molar-refractivity contribution in [2.75, 3.05) is 19.6 Å². The number of hydrogen-bond donors (Lipinski definition) is 2. The summed E-state index contributed by atoms with van der Waals surface area (Å²) in [5.74, 6) is -0.344. The zero-order chi connectivity index (χ0) is 15.9. The Bertz CT molecular complexity index is 586. The average Bonchev–Trinajstić information content (AvgIpc) is 2.87. The molecule has 3 rings (SSSR count). The molecule has 0 bridgehead atoms. The summed E-state index contributed by atoms with van der Waals surface area (Å²) in [6.07, 6.45) is -0.871. The molecule has 22 heavy (non-hydrogen) atoms. The number of nitrogens with one attached hydrogen (secondary N) is 1. The summed E-state index contributed by atoms with van der Waals surface area (Å²) in [6, 6.07) is 2.95. The van der Waals surface area contributed by atoms with Crippen molar-refractivity contribution in [3.8, 4) is 0 Å². The SMILES string of the molecule is Cc1ccc(CN2CCN3C(=O)[C@H]([C@@H](C)O)NC(=O)[C@H]3C2)s1. The Morgan fingerprint density at radius 1 is 1.41 bits per heavy atom. The monoisotopic (exact) mass is 323 g/mol. The Kier molecular flexibility index (Phi) is 4.20. The lowest BCUT2D eigenvalue weighted by Crippen LogP contribution is -2.70. The fourth-order valence-electron chi connectivity index (χ4n) is 3.08. The van der Waals surface area contributed by atoms with Crippen LogP contribution in [0.1, 0.15) is 16.7 Å². The highest BCUT2D eigenvalue weighted by atomic mass is 32.1. The van der Waals surface area contributed by atoms with E-state index in [9.17, 15) is 14.7 Å². The van der Waals surface area contributed by atoms with Crippen LogP contribution in [0.25, 0.3) is 0 Å². The highest BCUT2D eigenvalue weighted by Gasteiger charge is 2.44. The number of carbonyl (C=O) groups excluding carboxylic acids is 2. The van der Waals surface area contributed by atoms with Gasteiger partial charge in [0.1, 0.15) is 12.1 Å². The number of nitrogens with zero attached hydrogens (tertiary/aromatic N) is 2. The minimum absolute atomic E-state index is 0.169. The molecule has 120 valence electrons. The van der Waals surface area contributed by atoms with Gasteiger partial charge in [-0.3, -0.25) is 14.5 Å². The molecule has 2 aliphatic rings. The molecule has 3 atom stereocenters. The van der Waals surface area contributed by atoms with E-state index in [-0.39, 0.29) is 11.8 Å². The summed E-state index contributed by atoms with van der Waals surface area (Å²) in [5, 5.41) is 12.3. The zero-order valence-corrected chi connectivity index (χ0v) is 13.6. The second kappa shape index (κ2) is 5.98. The Labute approximate surface area is 133 Å². The van der Waals surface area contributed by atoms with Crippen LogP contribution in [-0.4, -0.2) is 64.5 Å². The molecular weight excluding hydrogens is 302 g/mol. The van der Waals surface area contributed by atoms with E-state index in [4.69, 9.17) is 0 Å². The van der Waals surface area contributed by atoms with Crippen molar-refractivity contribution < 1.29 is 14.7 Å². The lowest BCUT2D eigenvalue weighted by molar-refractivity contribution is -0.156. The molecule has 0 unspecified atom stereocenters. The largest absolute Gasteiger partial charge is 0.391 e. The third-order valence-corrected chi connectivity index (χ3v) is 5.26. The zero-order valence-electron chi connectivity index (χ0n) is 12.8. The first kappa shape index (κ1) is 15.5. The molecule has 0 radical (unpaired) electrons. The lowest BCUT2D eigenvalue weighted by Gasteiger charge is -2.45. The van der Waals surface area contributed by atoms with Crippen LogP contribution < -0.4 is 5.32 Å². The van der Waals surface area contributed by atoms with Crippen molar-refractivity contribution in [3.05, 3.63) is 21.9 Å². The van der Waals surface area contributed by atoms with E-state index in [2.05, 4.69) is 29.3 Å². The van der Waals surface area contributed by atoms with Crippen LogP contribution in [0.2, 0.25) is 0 Å². The van der Waals surface area contributed by atoms with Gasteiger partial charge in [0.15, 0.2) is 0 Å². The number of thiophene rings is 1. The maximum atomic E-state index is 12.3. The van der Waals surface area contributed by atoms with E-state index in [0.29, 0.717) is 13.1 Å². The number of aliphatic hydroxyl groups excluding tert-OH is 1. The molecule has 2 fully saturated rings. The van der Waals surface area contributed by atoms with Crippen LogP contribution in [0.15, 0.2) is 12.1 Å². The van der Waals surface area contributed by atoms with Gasteiger partial charge in [0, 0.05) is 35.9 Å². The number of rotatable bonds is 3. The van der Waals surface area contributed by atoms with E-state index in [1.165, 1.54) is 16.7 Å². The molecule has 3 heterocycles. The van der Waals surface area contributed by atoms with E-state index < -0.39 is 18.2 Å². The number of amides is 2. The number of aliphatic hydroxyl groups is 1. The normalized spacial score (nSPS) is 27.5. The highest BCUT2D eigenvalue weighted by molar-refractivity contribution is 7.11. The fraction of sp³-hybridized carbons (Fsp3) is 0.600. The Hall–Kier alpha value is -1.44. The minimum Gasteiger partial charge on any atom is -0.391 e. The predicted molar refractivity (Wildman–Crippen MR) is 83.4 cm³/mol. The third kappa shape index (κ3) is 2.88. The van der Waals surface area contributed by atoms with E-state index >= 15 is 0 Å². The van der Waals surface area contributed by atoms with Gasteiger partial charge in [-0.25, -0.2) is 0 Å². The first-order valence-electron chi connectivity index (χ1n) is 7.52. The molecular formula is C15H21N3O3S. The summed E-state index contributed by atoms with van der Waals surface area (Å²) < 4.78 is 0. The summed E-state index contributed by atoms with van der Waals surface area (Å²) in [6.45, 7) is 6.24. The minimum atomic E-state index is -0.871. The van der Waals surface area contributed by atoms with Gasteiger partial charge in [-0.15, -0.1) is 11.3 Å². The molecule has 0 aliphatic carbocycles. The molecule has 2 aliphatic heterocycles. The Morgan fingerprint density at radius 3 is 2.82 bits per heavy atom. The second-order valence-corrected chi connectivity index (χ2v) is 7.39. The molecule has 2 N–H and O–H groups in total. The molecule has 0 spiro atoms. The van der Waals surface area contributed by atoms with Crippen molar-refractivity contribution in [3.63, 3.8) is 0 Å². The maximum Gasteiger partial charge on any atom is 0.248 e. The number of piperazine rings is 2. The van der Waals surface area contributed by atoms with Gasteiger partial charge in [-0.2, -0.15) is 0 Å². The van der Waals surface area contributed by atoms with Gasteiger partial charge in [0.2, 0.25) is 11.8 Å². The molecule has 2 saturated heterocycles. The van der Waals surface area contributed by atoms with Gasteiger partial charge < -0.3 is 15.3 Å². The summed E-state index contributed by atoms with van der Waals surface area (Å²) in [4.78, 5) is 31.0. The third-order valence-electron chi connectivity index (χ3n) is 4.27. The van der Waals surface area contributed by atoms with Crippen molar-refractivity contribution in [2.24, 2.45) is 0 Å². The molecule has 1 aromatic rings. The average molecular weight is 323 g/mol. The van der Waals surface area contributed by atoms with E-state index in [1.807, 2.05) is 0 Å². The number of hydrogen-bond acceptors (Lipinski definition) is 5. The van der Waals surface area contributed by atoms with Crippen LogP contribution in [0.5, 0.6) is 0 Å². The number of fused-ring (bicyclic) bond motifs is 1. The molecule has 0 saturated carbocycles. The van der Waals surface area contributed by atoms with Crippen LogP contribution >= 0.6 is 11.3 Å². The van der Waals surface area contributed by atoms with Crippen LogP contribution in [0, 0.1) is 6.92 Å². The van der Waals surface area contributed by atoms with Crippen molar-refractivity contribution in [1.82, 2.24) is 15.1 Å². The Morgan fingerprint density at radius 2 is 2.18 bits per heavy atom. The first-order chi connectivity index (χ1) is 10.5. The summed E-state index contributed by atoms with van der Waals surface area (Å²) >= 11 is 1.76. The highest BCUT2D eigenvalue weighted by Crippen LogP contribution is 2.22. The van der Waals surface area contributed by atoms with Gasteiger partial charge in [0.05, 0.1) is 6.10 Å². The van der Waals surface area contributed by atoms with Gasteiger partial charge in [-0.05, 0) is 26.0 Å². The molecule has 7 heteroatoms. The quantitative estimate of drug-likeness (QED) is 0.818. The number of aryl methyl sites for hydroxylation is 1.